The van der Waals surface area contributed by atoms with Gasteiger partial charge in [0.15, 0.2) is 0 Å². The number of nitrogens with one attached hydrogen (secondary N) is 1. The van der Waals surface area contributed by atoms with Gasteiger partial charge in [-0.3, -0.25) is 9.69 Å². The summed E-state index contributed by atoms with van der Waals surface area (Å²) in [6.45, 7) is 2.90. The maximum Gasteiger partial charge on any atom is 0.241 e. The SMILES string of the molecule is O=C(NCCCc1ccccc1Cl)C1CCN(Cc2nc(-c3cccc(Cl)c3)no2)CC1. The third-order valence-electron chi connectivity index (χ3n) is 5.75. The van der Waals surface area contributed by atoms with Crippen LogP contribution < -0.4 is 5.32 Å². The number of aryl methyl sites for hydroxylation is 1. The second-order valence-corrected chi connectivity index (χ2v) is 8.90. The monoisotopic (exact) mass is 472 g/mol. The predicted molar refractivity (Wildman–Crippen MR) is 126 cm³/mol. The topological polar surface area (TPSA) is 71.3 Å². The zero-order valence-corrected chi connectivity index (χ0v) is 19.3. The number of carbonyl (C=O) groups is 1. The van der Waals surface area contributed by atoms with Gasteiger partial charge in [-0.05, 0) is 62.5 Å². The molecule has 6 nitrogen and oxygen atoms in total. The van der Waals surface area contributed by atoms with Crippen molar-refractivity contribution in [2.75, 3.05) is 19.6 Å². The average molecular weight is 473 g/mol. The van der Waals surface area contributed by atoms with Gasteiger partial charge < -0.3 is 9.84 Å². The Hall–Kier alpha value is -2.41. The van der Waals surface area contributed by atoms with Crippen molar-refractivity contribution in [2.45, 2.75) is 32.2 Å². The summed E-state index contributed by atoms with van der Waals surface area (Å²) in [6, 6.07) is 15.2. The van der Waals surface area contributed by atoms with Crippen molar-refractivity contribution < 1.29 is 9.32 Å². The molecular weight excluding hydrogens is 447 g/mol. The van der Waals surface area contributed by atoms with Gasteiger partial charge in [0.05, 0.1) is 6.54 Å². The fourth-order valence-corrected chi connectivity index (χ4v) is 4.36. The number of rotatable bonds is 8. The minimum absolute atomic E-state index is 0.0521. The predicted octanol–water partition coefficient (Wildman–Crippen LogP) is 5.00. The number of benzene rings is 2. The largest absolute Gasteiger partial charge is 0.356 e. The summed E-state index contributed by atoms with van der Waals surface area (Å²) in [5.41, 5.74) is 1.95. The van der Waals surface area contributed by atoms with Gasteiger partial charge >= 0.3 is 0 Å². The van der Waals surface area contributed by atoms with Crippen molar-refractivity contribution in [1.82, 2.24) is 20.4 Å². The van der Waals surface area contributed by atoms with E-state index in [1.807, 2.05) is 48.5 Å². The summed E-state index contributed by atoms with van der Waals surface area (Å²) < 4.78 is 5.41. The Kier molecular flexibility index (Phi) is 7.79. The molecule has 2 aromatic carbocycles. The molecule has 3 aromatic rings. The van der Waals surface area contributed by atoms with Crippen LogP contribution in [0.3, 0.4) is 0 Å². The van der Waals surface area contributed by atoms with Crippen LogP contribution in [0.1, 0.15) is 30.7 Å². The van der Waals surface area contributed by atoms with Gasteiger partial charge in [-0.1, -0.05) is 58.7 Å². The first kappa shape index (κ1) is 22.8. The molecule has 4 rings (SSSR count). The van der Waals surface area contributed by atoms with E-state index in [0.717, 1.165) is 54.9 Å². The molecule has 1 aliphatic rings. The molecule has 2 heterocycles. The van der Waals surface area contributed by atoms with E-state index in [1.165, 1.54) is 0 Å². The van der Waals surface area contributed by atoms with Crippen LogP contribution in [-0.2, 0) is 17.8 Å². The number of aromatic nitrogens is 2. The lowest BCUT2D eigenvalue weighted by Gasteiger charge is -2.30. The van der Waals surface area contributed by atoms with Crippen LogP contribution in [0.15, 0.2) is 53.1 Å². The molecule has 0 saturated carbocycles. The van der Waals surface area contributed by atoms with Gasteiger partial charge in [-0.15, -0.1) is 0 Å². The summed E-state index contributed by atoms with van der Waals surface area (Å²) in [5.74, 6) is 1.30. The molecule has 0 bridgehead atoms. The third-order valence-corrected chi connectivity index (χ3v) is 6.35. The molecule has 0 spiro atoms. The van der Waals surface area contributed by atoms with Crippen LogP contribution in [-0.4, -0.2) is 40.6 Å². The van der Waals surface area contributed by atoms with E-state index in [4.69, 9.17) is 27.7 Å². The van der Waals surface area contributed by atoms with Crippen molar-refractivity contribution in [3.8, 4) is 11.4 Å². The Morgan fingerprint density at radius 1 is 1.12 bits per heavy atom. The van der Waals surface area contributed by atoms with E-state index >= 15 is 0 Å². The maximum atomic E-state index is 12.5. The zero-order chi connectivity index (χ0) is 22.3. The van der Waals surface area contributed by atoms with Crippen molar-refractivity contribution in [3.05, 3.63) is 70.0 Å². The molecular formula is C24H26Cl2N4O2. The zero-order valence-electron chi connectivity index (χ0n) is 17.8. The lowest BCUT2D eigenvalue weighted by molar-refractivity contribution is -0.126. The molecule has 0 aliphatic carbocycles. The molecule has 1 saturated heterocycles. The van der Waals surface area contributed by atoms with Crippen LogP contribution >= 0.6 is 23.2 Å². The number of hydrogen-bond acceptors (Lipinski definition) is 5. The number of halogens is 2. The van der Waals surface area contributed by atoms with Crippen molar-refractivity contribution in [3.63, 3.8) is 0 Å². The fraction of sp³-hybridized carbons (Fsp3) is 0.375. The van der Waals surface area contributed by atoms with Gasteiger partial charge in [-0.2, -0.15) is 4.98 Å². The molecule has 1 aromatic heterocycles. The summed E-state index contributed by atoms with van der Waals surface area (Å²) in [5, 5.41) is 8.56. The highest BCUT2D eigenvalue weighted by Crippen LogP contribution is 2.22. The number of hydrogen-bond donors (Lipinski definition) is 1. The highest BCUT2D eigenvalue weighted by molar-refractivity contribution is 6.31. The average Bonchev–Trinajstić information content (AvgIpc) is 3.27. The summed E-state index contributed by atoms with van der Waals surface area (Å²) in [4.78, 5) is 19.3. The molecule has 0 unspecified atom stereocenters. The first-order valence-corrected chi connectivity index (χ1v) is 11.7. The summed E-state index contributed by atoms with van der Waals surface area (Å²) in [7, 11) is 0. The molecule has 1 aliphatic heterocycles. The molecule has 0 atom stereocenters. The first-order chi connectivity index (χ1) is 15.6. The van der Waals surface area contributed by atoms with Gasteiger partial charge in [0, 0.05) is 28.1 Å². The smallest absolute Gasteiger partial charge is 0.241 e. The van der Waals surface area contributed by atoms with E-state index in [9.17, 15) is 4.79 Å². The van der Waals surface area contributed by atoms with E-state index in [0.29, 0.717) is 29.8 Å². The van der Waals surface area contributed by atoms with E-state index in [2.05, 4.69) is 20.4 Å². The van der Waals surface area contributed by atoms with Crippen LogP contribution in [0.25, 0.3) is 11.4 Å². The van der Waals surface area contributed by atoms with E-state index < -0.39 is 0 Å². The Labute approximate surface area is 197 Å². The lowest BCUT2D eigenvalue weighted by Crippen LogP contribution is -2.40. The Morgan fingerprint density at radius 2 is 1.94 bits per heavy atom. The van der Waals surface area contributed by atoms with Gasteiger partial charge in [0.1, 0.15) is 0 Å². The van der Waals surface area contributed by atoms with Gasteiger partial charge in [-0.25, -0.2) is 0 Å². The van der Waals surface area contributed by atoms with Gasteiger partial charge in [0.2, 0.25) is 17.6 Å². The summed E-state index contributed by atoms with van der Waals surface area (Å²) in [6.07, 6.45) is 3.39. The Morgan fingerprint density at radius 3 is 2.72 bits per heavy atom. The molecule has 168 valence electrons. The maximum absolute atomic E-state index is 12.5. The second-order valence-electron chi connectivity index (χ2n) is 8.06. The number of carbonyl (C=O) groups excluding carboxylic acids is 1. The number of nitrogens with zero attached hydrogens (tertiary/aromatic N) is 3. The molecule has 1 N–H and O–H groups in total. The van der Waals surface area contributed by atoms with Gasteiger partial charge in [0.25, 0.3) is 0 Å². The summed E-state index contributed by atoms with van der Waals surface area (Å²) >= 11 is 12.2. The van der Waals surface area contributed by atoms with Crippen molar-refractivity contribution in [1.29, 1.82) is 0 Å². The number of likely N-dealkylation sites (tertiary alicyclic amines) is 1. The van der Waals surface area contributed by atoms with Crippen molar-refractivity contribution in [2.24, 2.45) is 5.92 Å². The van der Waals surface area contributed by atoms with E-state index in [1.54, 1.807) is 0 Å². The lowest BCUT2D eigenvalue weighted by atomic mass is 9.96. The third kappa shape index (κ3) is 6.09. The minimum Gasteiger partial charge on any atom is -0.356 e. The molecule has 32 heavy (non-hydrogen) atoms. The number of amides is 1. The highest BCUT2D eigenvalue weighted by Gasteiger charge is 2.25. The molecule has 1 amide bonds. The highest BCUT2D eigenvalue weighted by atomic mass is 35.5. The second kappa shape index (κ2) is 10.9. The number of piperidine rings is 1. The molecule has 1 fully saturated rings. The normalized spacial score (nSPS) is 15.1. The Balaban J connectivity index is 1.18. The van der Waals surface area contributed by atoms with E-state index in [-0.39, 0.29) is 11.8 Å². The van der Waals surface area contributed by atoms with Crippen LogP contribution in [0.2, 0.25) is 10.0 Å². The Bertz CT molecular complexity index is 1050. The molecule has 8 heteroatoms. The quantitative estimate of drug-likeness (QED) is 0.466. The minimum atomic E-state index is 0.0521. The fourth-order valence-electron chi connectivity index (χ4n) is 3.94. The van der Waals surface area contributed by atoms with Crippen LogP contribution in [0, 0.1) is 5.92 Å². The van der Waals surface area contributed by atoms with Crippen LogP contribution in [0.5, 0.6) is 0 Å². The van der Waals surface area contributed by atoms with Crippen molar-refractivity contribution >= 4 is 29.1 Å². The molecule has 0 radical (unpaired) electrons. The first-order valence-electron chi connectivity index (χ1n) is 10.9. The standard InChI is InChI=1S/C24H26Cl2N4O2/c25-20-8-3-6-19(15-20)23-28-22(32-29-23)16-30-13-10-18(11-14-30)24(31)27-12-4-7-17-5-1-2-9-21(17)26/h1-3,5-6,8-9,15,18H,4,7,10-14,16H2,(H,27,31). The van der Waals surface area contributed by atoms with Crippen LogP contribution in [0.4, 0.5) is 0 Å².